The van der Waals surface area contributed by atoms with Gasteiger partial charge in [-0.2, -0.15) is 0 Å². The van der Waals surface area contributed by atoms with Crippen molar-refractivity contribution in [3.63, 3.8) is 0 Å². The van der Waals surface area contributed by atoms with Crippen LogP contribution in [0.3, 0.4) is 0 Å². The molecule has 2 aromatic rings. The first-order valence-electron chi connectivity index (χ1n) is 7.95. The monoisotopic (exact) mass is 326 g/mol. The third kappa shape index (κ3) is 3.45. The molecule has 0 aliphatic carbocycles. The van der Waals surface area contributed by atoms with E-state index in [0.717, 1.165) is 17.7 Å². The summed E-state index contributed by atoms with van der Waals surface area (Å²) in [5.74, 6) is -0.717. The first kappa shape index (κ1) is 16.2. The molecular formula is C19H19FN2O2. The number of carbonyl (C=O) groups is 2. The molecule has 0 bridgehead atoms. The summed E-state index contributed by atoms with van der Waals surface area (Å²) >= 11 is 0. The standard InChI is InChI=1S/C19H19FN2O2/c1-13-10-15-4-2-3-5-17(15)22(13)19(24)12-21-18(23)11-14-6-8-16(20)9-7-14/h2-9,13H,10-12H2,1H3,(H,21,23). The van der Waals surface area contributed by atoms with Crippen molar-refractivity contribution >= 4 is 17.5 Å². The molecule has 1 unspecified atom stereocenters. The van der Waals surface area contributed by atoms with Gasteiger partial charge in [-0.1, -0.05) is 30.3 Å². The zero-order chi connectivity index (χ0) is 17.1. The molecule has 4 nitrogen and oxygen atoms in total. The number of benzene rings is 2. The van der Waals surface area contributed by atoms with Gasteiger partial charge in [0.15, 0.2) is 0 Å². The molecule has 2 aromatic carbocycles. The highest BCUT2D eigenvalue weighted by atomic mass is 19.1. The fraction of sp³-hybridized carbons (Fsp3) is 0.263. The van der Waals surface area contributed by atoms with Crippen LogP contribution in [0.15, 0.2) is 48.5 Å². The Balaban J connectivity index is 1.57. The number of amides is 2. The minimum atomic E-state index is -0.337. The SMILES string of the molecule is CC1Cc2ccccc2N1C(=O)CNC(=O)Cc1ccc(F)cc1. The quantitative estimate of drug-likeness (QED) is 0.938. The average molecular weight is 326 g/mol. The van der Waals surface area contributed by atoms with E-state index in [0.29, 0.717) is 5.56 Å². The van der Waals surface area contributed by atoms with E-state index < -0.39 is 0 Å². The van der Waals surface area contributed by atoms with Crippen LogP contribution >= 0.6 is 0 Å². The highest BCUT2D eigenvalue weighted by Crippen LogP contribution is 2.31. The Morgan fingerprint density at radius 1 is 1.17 bits per heavy atom. The summed E-state index contributed by atoms with van der Waals surface area (Å²) in [6.45, 7) is 1.96. The summed E-state index contributed by atoms with van der Waals surface area (Å²) in [6, 6.07) is 13.7. The Labute approximate surface area is 140 Å². The number of fused-ring (bicyclic) bond motifs is 1. The van der Waals surface area contributed by atoms with Gasteiger partial charge in [0.05, 0.1) is 13.0 Å². The number of nitrogens with zero attached hydrogens (tertiary/aromatic N) is 1. The van der Waals surface area contributed by atoms with E-state index in [9.17, 15) is 14.0 Å². The van der Waals surface area contributed by atoms with Crippen molar-refractivity contribution in [3.05, 3.63) is 65.5 Å². The highest BCUT2D eigenvalue weighted by Gasteiger charge is 2.30. The molecule has 0 saturated carbocycles. The first-order valence-corrected chi connectivity index (χ1v) is 7.95. The molecule has 0 fully saturated rings. The van der Waals surface area contributed by atoms with Crippen molar-refractivity contribution in [2.45, 2.75) is 25.8 Å². The van der Waals surface area contributed by atoms with E-state index in [-0.39, 0.29) is 36.6 Å². The first-order chi connectivity index (χ1) is 11.5. The fourth-order valence-electron chi connectivity index (χ4n) is 3.06. The predicted octanol–water partition coefficient (Wildman–Crippen LogP) is 2.46. The number of para-hydroxylation sites is 1. The van der Waals surface area contributed by atoms with E-state index in [2.05, 4.69) is 5.32 Å². The van der Waals surface area contributed by atoms with E-state index in [1.807, 2.05) is 31.2 Å². The van der Waals surface area contributed by atoms with E-state index >= 15 is 0 Å². The van der Waals surface area contributed by atoms with Crippen molar-refractivity contribution in [2.24, 2.45) is 0 Å². The van der Waals surface area contributed by atoms with Crippen LogP contribution < -0.4 is 10.2 Å². The van der Waals surface area contributed by atoms with E-state index in [4.69, 9.17) is 0 Å². The normalized spacial score (nSPS) is 15.9. The third-order valence-corrected chi connectivity index (χ3v) is 4.19. The molecule has 5 heteroatoms. The molecule has 1 heterocycles. The summed E-state index contributed by atoms with van der Waals surface area (Å²) in [5.41, 5.74) is 2.78. The zero-order valence-corrected chi connectivity index (χ0v) is 13.5. The van der Waals surface area contributed by atoms with Gasteiger partial charge in [-0.05, 0) is 42.7 Å². The number of rotatable bonds is 4. The molecule has 0 saturated heterocycles. The summed E-state index contributed by atoms with van der Waals surface area (Å²) in [6.07, 6.45) is 0.950. The maximum absolute atomic E-state index is 12.9. The van der Waals surface area contributed by atoms with Gasteiger partial charge >= 0.3 is 0 Å². The van der Waals surface area contributed by atoms with Crippen molar-refractivity contribution in [2.75, 3.05) is 11.4 Å². The number of hydrogen-bond acceptors (Lipinski definition) is 2. The summed E-state index contributed by atoms with van der Waals surface area (Å²) in [7, 11) is 0. The molecule has 1 N–H and O–H groups in total. The number of nitrogens with one attached hydrogen (secondary N) is 1. The van der Waals surface area contributed by atoms with Crippen molar-refractivity contribution in [1.82, 2.24) is 5.32 Å². The summed E-state index contributed by atoms with van der Waals surface area (Å²) in [5, 5.41) is 2.65. The van der Waals surface area contributed by atoms with E-state index in [1.165, 1.54) is 12.1 Å². The maximum atomic E-state index is 12.9. The Bertz CT molecular complexity index is 758. The Morgan fingerprint density at radius 3 is 2.62 bits per heavy atom. The lowest BCUT2D eigenvalue weighted by Crippen LogP contribution is -2.43. The molecule has 1 atom stereocenters. The summed E-state index contributed by atoms with van der Waals surface area (Å²) < 4.78 is 12.9. The lowest BCUT2D eigenvalue weighted by atomic mass is 10.1. The number of halogens is 1. The summed E-state index contributed by atoms with van der Waals surface area (Å²) in [4.78, 5) is 26.2. The highest BCUT2D eigenvalue weighted by molar-refractivity contribution is 5.99. The van der Waals surface area contributed by atoms with Crippen LogP contribution in [0, 0.1) is 5.82 Å². The van der Waals surface area contributed by atoms with Gasteiger partial charge in [0.1, 0.15) is 5.82 Å². The second kappa shape index (κ2) is 6.83. The maximum Gasteiger partial charge on any atom is 0.246 e. The largest absolute Gasteiger partial charge is 0.347 e. The Hall–Kier alpha value is -2.69. The van der Waals surface area contributed by atoms with Crippen molar-refractivity contribution in [1.29, 1.82) is 0 Å². The van der Waals surface area contributed by atoms with Gasteiger partial charge in [0, 0.05) is 11.7 Å². The number of anilines is 1. The van der Waals surface area contributed by atoms with Gasteiger partial charge in [-0.25, -0.2) is 4.39 Å². The van der Waals surface area contributed by atoms with Gasteiger partial charge in [0.2, 0.25) is 11.8 Å². The van der Waals surface area contributed by atoms with Crippen LogP contribution in [0.1, 0.15) is 18.1 Å². The minimum absolute atomic E-state index is 0.0430. The lowest BCUT2D eigenvalue weighted by molar-refractivity contribution is -0.124. The third-order valence-electron chi connectivity index (χ3n) is 4.19. The van der Waals surface area contributed by atoms with Crippen LogP contribution in [-0.2, 0) is 22.4 Å². The second-order valence-corrected chi connectivity index (χ2v) is 6.03. The fourth-order valence-corrected chi connectivity index (χ4v) is 3.06. The molecule has 1 aliphatic heterocycles. The van der Waals surface area contributed by atoms with Crippen LogP contribution in [0.25, 0.3) is 0 Å². The van der Waals surface area contributed by atoms with Crippen LogP contribution in [0.5, 0.6) is 0 Å². The molecule has 0 radical (unpaired) electrons. The molecular weight excluding hydrogens is 307 g/mol. The Kier molecular flexibility index (Phi) is 4.60. The van der Waals surface area contributed by atoms with E-state index in [1.54, 1.807) is 17.0 Å². The molecule has 124 valence electrons. The number of hydrogen-bond donors (Lipinski definition) is 1. The van der Waals surface area contributed by atoms with Crippen LogP contribution in [0.4, 0.5) is 10.1 Å². The van der Waals surface area contributed by atoms with Crippen LogP contribution in [0.2, 0.25) is 0 Å². The second-order valence-electron chi connectivity index (χ2n) is 6.03. The predicted molar refractivity (Wildman–Crippen MR) is 90.2 cm³/mol. The van der Waals surface area contributed by atoms with Crippen molar-refractivity contribution in [3.8, 4) is 0 Å². The van der Waals surface area contributed by atoms with Crippen molar-refractivity contribution < 1.29 is 14.0 Å². The smallest absolute Gasteiger partial charge is 0.246 e. The van der Waals surface area contributed by atoms with Gasteiger partial charge < -0.3 is 10.2 Å². The Morgan fingerprint density at radius 2 is 1.88 bits per heavy atom. The van der Waals surface area contributed by atoms with Gasteiger partial charge in [-0.3, -0.25) is 9.59 Å². The minimum Gasteiger partial charge on any atom is -0.347 e. The molecule has 0 aromatic heterocycles. The van der Waals surface area contributed by atoms with Gasteiger partial charge in [-0.15, -0.1) is 0 Å². The number of carbonyl (C=O) groups excluding carboxylic acids is 2. The zero-order valence-electron chi connectivity index (χ0n) is 13.5. The lowest BCUT2D eigenvalue weighted by Gasteiger charge is -2.22. The average Bonchev–Trinajstić information content (AvgIpc) is 2.90. The molecule has 2 amide bonds. The molecule has 1 aliphatic rings. The topological polar surface area (TPSA) is 49.4 Å². The molecule has 24 heavy (non-hydrogen) atoms. The van der Waals surface area contributed by atoms with Crippen LogP contribution in [-0.4, -0.2) is 24.4 Å². The molecule has 0 spiro atoms. The molecule has 3 rings (SSSR count). The van der Waals surface area contributed by atoms with Gasteiger partial charge in [0.25, 0.3) is 0 Å².